The molecule has 1 amide bonds. The number of halogens is 1. The van der Waals surface area contributed by atoms with Gasteiger partial charge in [0.25, 0.3) is 5.91 Å². The van der Waals surface area contributed by atoms with Crippen molar-refractivity contribution < 1.29 is 17.6 Å². The fraction of sp³-hybridized carbons (Fsp3) is 0.360. The van der Waals surface area contributed by atoms with E-state index in [4.69, 9.17) is 0 Å². The Morgan fingerprint density at radius 3 is 2.35 bits per heavy atom. The van der Waals surface area contributed by atoms with Gasteiger partial charge in [0.1, 0.15) is 10.7 Å². The van der Waals surface area contributed by atoms with E-state index in [1.165, 1.54) is 12.1 Å². The Morgan fingerprint density at radius 2 is 1.71 bits per heavy atom. The number of carbonyl (C=O) groups excluding carboxylic acids is 1. The Balaban J connectivity index is 1.49. The summed E-state index contributed by atoms with van der Waals surface area (Å²) in [5, 5.41) is 7.26. The van der Waals surface area contributed by atoms with Gasteiger partial charge in [0.15, 0.2) is 0 Å². The molecule has 1 aliphatic heterocycles. The number of aryl methyl sites for hydroxylation is 2. The predicted octanol–water partition coefficient (Wildman–Crippen LogP) is 4.42. The van der Waals surface area contributed by atoms with E-state index in [-0.39, 0.29) is 11.7 Å². The average Bonchev–Trinajstić information content (AvgIpc) is 3.10. The van der Waals surface area contributed by atoms with Crippen molar-refractivity contribution in [1.29, 1.82) is 0 Å². The number of piperidine rings is 1. The number of nitrogens with zero attached hydrogens (tertiary/aromatic N) is 3. The second-order valence-electron chi connectivity index (χ2n) is 8.74. The van der Waals surface area contributed by atoms with Gasteiger partial charge in [-0.25, -0.2) is 12.8 Å². The first kappa shape index (κ1) is 24.1. The number of rotatable bonds is 6. The highest BCUT2D eigenvalue weighted by Gasteiger charge is 2.31. The summed E-state index contributed by atoms with van der Waals surface area (Å²) in [6.45, 7) is 6.64. The quantitative estimate of drug-likeness (QED) is 0.561. The monoisotopic (exact) mass is 484 g/mol. The standard InChI is InChI=1S/C25H29FN4O3S/c1-17-15-22(11-12-23(17)26)27-25(31)21-9-7-20(8-10-21)16-30-19(3)24(18(2)28-30)34(32,33)29-13-5-4-6-14-29/h7-12,15H,4-6,13-14,16H2,1-3H3,(H,27,31). The van der Waals surface area contributed by atoms with Crippen LogP contribution in [0, 0.1) is 26.6 Å². The molecule has 3 aromatic rings. The van der Waals surface area contributed by atoms with Gasteiger partial charge in [0, 0.05) is 24.3 Å². The molecule has 0 radical (unpaired) electrons. The van der Waals surface area contributed by atoms with Gasteiger partial charge >= 0.3 is 0 Å². The van der Waals surface area contributed by atoms with E-state index in [0.29, 0.717) is 52.7 Å². The van der Waals surface area contributed by atoms with Crippen molar-refractivity contribution >= 4 is 21.6 Å². The normalized spacial score (nSPS) is 14.8. The smallest absolute Gasteiger partial charge is 0.255 e. The van der Waals surface area contributed by atoms with Crippen LogP contribution in [-0.2, 0) is 16.6 Å². The summed E-state index contributed by atoms with van der Waals surface area (Å²) in [5.41, 5.74) is 3.44. The molecule has 34 heavy (non-hydrogen) atoms. The molecule has 4 rings (SSSR count). The first-order valence-corrected chi connectivity index (χ1v) is 12.8. The van der Waals surface area contributed by atoms with Crippen molar-refractivity contribution in [3.05, 3.63) is 76.4 Å². The minimum Gasteiger partial charge on any atom is -0.322 e. The first-order chi connectivity index (χ1) is 16.2. The van der Waals surface area contributed by atoms with E-state index < -0.39 is 10.0 Å². The van der Waals surface area contributed by atoms with Crippen LogP contribution in [0.3, 0.4) is 0 Å². The zero-order valence-electron chi connectivity index (χ0n) is 19.6. The number of anilines is 1. The highest BCUT2D eigenvalue weighted by Crippen LogP contribution is 2.26. The molecule has 9 heteroatoms. The fourth-order valence-electron chi connectivity index (χ4n) is 4.30. The van der Waals surface area contributed by atoms with Crippen LogP contribution in [-0.4, -0.2) is 41.5 Å². The van der Waals surface area contributed by atoms with Crippen molar-refractivity contribution in [2.24, 2.45) is 0 Å². The Kier molecular flexibility index (Phi) is 6.86. The molecule has 0 bridgehead atoms. The number of nitrogens with one attached hydrogen (secondary N) is 1. The summed E-state index contributed by atoms with van der Waals surface area (Å²) < 4.78 is 43.1. The van der Waals surface area contributed by atoms with Crippen LogP contribution in [0.25, 0.3) is 0 Å². The maximum atomic E-state index is 13.4. The second-order valence-corrected chi connectivity index (χ2v) is 10.6. The fourth-order valence-corrected chi connectivity index (χ4v) is 6.19. The molecule has 1 N–H and O–H groups in total. The van der Waals surface area contributed by atoms with Gasteiger partial charge < -0.3 is 5.32 Å². The SMILES string of the molecule is Cc1cc(NC(=O)c2ccc(Cn3nc(C)c(S(=O)(=O)N4CCCCC4)c3C)cc2)ccc1F. The van der Waals surface area contributed by atoms with Crippen molar-refractivity contribution in [2.45, 2.75) is 51.5 Å². The van der Waals surface area contributed by atoms with Gasteiger partial charge in [-0.1, -0.05) is 18.6 Å². The van der Waals surface area contributed by atoms with Gasteiger partial charge in [0.05, 0.1) is 17.9 Å². The van der Waals surface area contributed by atoms with Crippen LogP contribution in [0.2, 0.25) is 0 Å². The zero-order chi connectivity index (χ0) is 24.5. The van der Waals surface area contributed by atoms with Crippen molar-refractivity contribution in [3.63, 3.8) is 0 Å². The molecule has 1 aliphatic rings. The predicted molar refractivity (Wildman–Crippen MR) is 129 cm³/mol. The summed E-state index contributed by atoms with van der Waals surface area (Å²) in [6, 6.07) is 11.5. The number of amides is 1. The van der Waals surface area contributed by atoms with Gasteiger partial charge in [-0.15, -0.1) is 0 Å². The lowest BCUT2D eigenvalue weighted by atomic mass is 10.1. The van der Waals surface area contributed by atoms with Gasteiger partial charge in [0.2, 0.25) is 10.0 Å². The summed E-state index contributed by atoms with van der Waals surface area (Å²) in [7, 11) is -3.57. The lowest BCUT2D eigenvalue weighted by molar-refractivity contribution is 0.102. The topological polar surface area (TPSA) is 84.3 Å². The zero-order valence-corrected chi connectivity index (χ0v) is 20.5. The molecule has 0 aliphatic carbocycles. The molecule has 2 aromatic carbocycles. The van der Waals surface area contributed by atoms with E-state index in [2.05, 4.69) is 10.4 Å². The molecule has 180 valence electrons. The molecule has 1 saturated heterocycles. The molecule has 0 saturated carbocycles. The van der Waals surface area contributed by atoms with Gasteiger partial charge in [-0.3, -0.25) is 9.48 Å². The first-order valence-electron chi connectivity index (χ1n) is 11.4. The summed E-state index contributed by atoms with van der Waals surface area (Å²) in [6.07, 6.45) is 2.82. The Bertz CT molecular complexity index is 1310. The number of hydrogen-bond donors (Lipinski definition) is 1. The molecule has 7 nitrogen and oxygen atoms in total. The number of hydrogen-bond acceptors (Lipinski definition) is 4. The lowest BCUT2D eigenvalue weighted by Gasteiger charge is -2.26. The third-order valence-corrected chi connectivity index (χ3v) is 8.34. The number of sulfonamides is 1. The third-order valence-electron chi connectivity index (χ3n) is 6.19. The maximum Gasteiger partial charge on any atom is 0.255 e. The van der Waals surface area contributed by atoms with E-state index in [1.54, 1.807) is 48.0 Å². The van der Waals surface area contributed by atoms with Crippen LogP contribution in [0.1, 0.15) is 52.1 Å². The molecular weight excluding hydrogens is 455 g/mol. The molecule has 0 unspecified atom stereocenters. The Morgan fingerprint density at radius 1 is 1.03 bits per heavy atom. The third kappa shape index (κ3) is 4.90. The van der Waals surface area contributed by atoms with Crippen LogP contribution in [0.15, 0.2) is 47.4 Å². The van der Waals surface area contributed by atoms with Crippen LogP contribution >= 0.6 is 0 Å². The molecule has 1 fully saturated rings. The summed E-state index contributed by atoms with van der Waals surface area (Å²) in [4.78, 5) is 12.8. The van der Waals surface area contributed by atoms with Crippen LogP contribution < -0.4 is 5.32 Å². The molecule has 1 aromatic heterocycles. The molecule has 0 spiro atoms. The maximum absolute atomic E-state index is 13.4. The largest absolute Gasteiger partial charge is 0.322 e. The van der Waals surface area contributed by atoms with Crippen molar-refractivity contribution in [3.8, 4) is 0 Å². The Labute approximate surface area is 199 Å². The minimum absolute atomic E-state index is 0.292. The van der Waals surface area contributed by atoms with E-state index in [0.717, 1.165) is 24.8 Å². The average molecular weight is 485 g/mol. The molecule has 2 heterocycles. The van der Waals surface area contributed by atoms with Crippen LogP contribution in [0.4, 0.5) is 10.1 Å². The Hall–Kier alpha value is -3.04. The lowest BCUT2D eigenvalue weighted by Crippen LogP contribution is -2.36. The number of aromatic nitrogens is 2. The van der Waals surface area contributed by atoms with E-state index in [1.807, 2.05) is 12.1 Å². The van der Waals surface area contributed by atoms with Gasteiger partial charge in [-0.05, 0) is 75.1 Å². The second kappa shape index (κ2) is 9.68. The number of carbonyl (C=O) groups is 1. The molecular formula is C25H29FN4O3S. The minimum atomic E-state index is -3.57. The van der Waals surface area contributed by atoms with Crippen molar-refractivity contribution in [1.82, 2.24) is 14.1 Å². The van der Waals surface area contributed by atoms with E-state index in [9.17, 15) is 17.6 Å². The molecule has 0 atom stereocenters. The number of benzene rings is 2. The highest BCUT2D eigenvalue weighted by atomic mass is 32.2. The highest BCUT2D eigenvalue weighted by molar-refractivity contribution is 7.89. The summed E-state index contributed by atoms with van der Waals surface area (Å²) >= 11 is 0. The van der Waals surface area contributed by atoms with Crippen LogP contribution in [0.5, 0.6) is 0 Å². The van der Waals surface area contributed by atoms with E-state index >= 15 is 0 Å². The van der Waals surface area contributed by atoms with Crippen molar-refractivity contribution in [2.75, 3.05) is 18.4 Å². The summed E-state index contributed by atoms with van der Waals surface area (Å²) in [5.74, 6) is -0.614. The van der Waals surface area contributed by atoms with Gasteiger partial charge in [-0.2, -0.15) is 9.40 Å².